The van der Waals surface area contributed by atoms with Crippen LogP contribution in [0.25, 0.3) is 11.3 Å². The average molecular weight is 326 g/mol. The summed E-state index contributed by atoms with van der Waals surface area (Å²) < 4.78 is 7.44. The molecule has 4 N–H and O–H groups in total. The number of carbonyl (C=O) groups excluding carboxylic acids is 1. The number of aromatic nitrogens is 4. The van der Waals surface area contributed by atoms with Crippen molar-refractivity contribution in [2.75, 3.05) is 18.5 Å². The molecule has 8 nitrogen and oxygen atoms in total. The summed E-state index contributed by atoms with van der Waals surface area (Å²) >= 11 is 0. The molecule has 0 aliphatic carbocycles. The molecule has 0 bridgehead atoms. The van der Waals surface area contributed by atoms with Gasteiger partial charge in [0.25, 0.3) is 5.91 Å². The molecule has 3 rings (SSSR count). The highest BCUT2D eigenvalue weighted by molar-refractivity contribution is 6.03. The van der Waals surface area contributed by atoms with Gasteiger partial charge >= 0.3 is 0 Å². The fourth-order valence-electron chi connectivity index (χ4n) is 2.32. The number of H-pyrrole nitrogens is 1. The summed E-state index contributed by atoms with van der Waals surface area (Å²) in [6, 6.07) is 7.30. The number of amides is 1. The van der Waals surface area contributed by atoms with Gasteiger partial charge in [-0.1, -0.05) is 0 Å². The number of aryl methyl sites for hydroxylation is 1. The summed E-state index contributed by atoms with van der Waals surface area (Å²) in [7, 11) is 1.84. The molecule has 0 saturated heterocycles. The van der Waals surface area contributed by atoms with E-state index in [-0.39, 0.29) is 5.91 Å². The van der Waals surface area contributed by atoms with Crippen molar-refractivity contribution >= 4 is 11.6 Å². The fourth-order valence-corrected chi connectivity index (χ4v) is 2.32. The van der Waals surface area contributed by atoms with E-state index in [9.17, 15) is 4.79 Å². The van der Waals surface area contributed by atoms with Gasteiger partial charge < -0.3 is 20.8 Å². The number of aromatic amines is 1. The highest BCUT2D eigenvalue weighted by atomic mass is 16.5. The second kappa shape index (κ2) is 6.97. The Morgan fingerprint density at radius 2 is 2.29 bits per heavy atom. The number of hydrogen-bond acceptors (Lipinski definition) is 5. The summed E-state index contributed by atoms with van der Waals surface area (Å²) in [5, 5.41) is 7.00. The van der Waals surface area contributed by atoms with Gasteiger partial charge in [-0.25, -0.2) is 4.98 Å². The third kappa shape index (κ3) is 3.28. The van der Waals surface area contributed by atoms with Crippen LogP contribution >= 0.6 is 0 Å². The second-order valence-electron chi connectivity index (χ2n) is 5.10. The Morgan fingerprint density at radius 3 is 2.96 bits per heavy atom. The van der Waals surface area contributed by atoms with Gasteiger partial charge in [0.05, 0.1) is 12.0 Å². The van der Waals surface area contributed by atoms with Gasteiger partial charge in [0.2, 0.25) is 0 Å². The SMILES string of the molecule is Cn1nccc1-c1cc(NC(=O)c2c[nH]cn2)ccc1OCCN. The molecule has 0 spiro atoms. The Labute approximate surface area is 138 Å². The van der Waals surface area contributed by atoms with Crippen molar-refractivity contribution in [3.8, 4) is 17.0 Å². The van der Waals surface area contributed by atoms with Crippen LogP contribution in [0.3, 0.4) is 0 Å². The number of imidazole rings is 1. The van der Waals surface area contributed by atoms with E-state index < -0.39 is 0 Å². The van der Waals surface area contributed by atoms with E-state index in [1.807, 2.05) is 19.2 Å². The molecule has 0 radical (unpaired) electrons. The van der Waals surface area contributed by atoms with Crippen molar-refractivity contribution in [3.63, 3.8) is 0 Å². The summed E-state index contributed by atoms with van der Waals surface area (Å²) in [6.45, 7) is 0.826. The predicted octanol–water partition coefficient (Wildman–Crippen LogP) is 1.40. The smallest absolute Gasteiger partial charge is 0.275 e. The number of nitrogens with two attached hydrogens (primary N) is 1. The molecule has 0 aliphatic heterocycles. The molecule has 2 aromatic heterocycles. The lowest BCUT2D eigenvalue weighted by Gasteiger charge is -2.13. The van der Waals surface area contributed by atoms with Gasteiger partial charge in [-0.3, -0.25) is 9.48 Å². The van der Waals surface area contributed by atoms with Crippen LogP contribution in [-0.2, 0) is 7.05 Å². The highest BCUT2D eigenvalue weighted by Gasteiger charge is 2.13. The number of benzene rings is 1. The first kappa shape index (κ1) is 15.8. The molecule has 0 fully saturated rings. The summed E-state index contributed by atoms with van der Waals surface area (Å²) in [5.41, 5.74) is 8.17. The van der Waals surface area contributed by atoms with Crippen molar-refractivity contribution in [2.45, 2.75) is 0 Å². The van der Waals surface area contributed by atoms with Crippen molar-refractivity contribution in [1.82, 2.24) is 19.7 Å². The maximum absolute atomic E-state index is 12.1. The lowest BCUT2D eigenvalue weighted by atomic mass is 10.1. The van der Waals surface area contributed by atoms with Crippen LogP contribution in [0.4, 0.5) is 5.69 Å². The standard InChI is InChI=1S/C16H18N6O2/c1-22-14(4-6-20-22)12-8-11(2-3-15(12)24-7-5-17)21-16(23)13-9-18-10-19-13/h2-4,6,8-10H,5,7,17H2,1H3,(H,18,19)(H,21,23). The molecule has 8 heteroatoms. The van der Waals surface area contributed by atoms with Crippen LogP contribution in [0.15, 0.2) is 43.0 Å². The zero-order valence-corrected chi connectivity index (χ0v) is 13.2. The van der Waals surface area contributed by atoms with Crippen LogP contribution in [0, 0.1) is 0 Å². The minimum atomic E-state index is -0.289. The van der Waals surface area contributed by atoms with Gasteiger partial charge in [0.15, 0.2) is 0 Å². The first-order valence-electron chi connectivity index (χ1n) is 7.44. The van der Waals surface area contributed by atoms with Crippen LogP contribution < -0.4 is 15.8 Å². The zero-order chi connectivity index (χ0) is 16.9. The zero-order valence-electron chi connectivity index (χ0n) is 13.2. The predicted molar refractivity (Wildman–Crippen MR) is 89.7 cm³/mol. The third-order valence-electron chi connectivity index (χ3n) is 3.44. The number of ether oxygens (including phenoxy) is 1. The minimum absolute atomic E-state index is 0.289. The van der Waals surface area contributed by atoms with Gasteiger partial charge in [-0.05, 0) is 24.3 Å². The largest absolute Gasteiger partial charge is 0.492 e. The lowest BCUT2D eigenvalue weighted by molar-refractivity contribution is 0.102. The van der Waals surface area contributed by atoms with E-state index in [4.69, 9.17) is 10.5 Å². The van der Waals surface area contributed by atoms with Crippen LogP contribution in [0.5, 0.6) is 5.75 Å². The second-order valence-corrected chi connectivity index (χ2v) is 5.10. The minimum Gasteiger partial charge on any atom is -0.492 e. The van der Waals surface area contributed by atoms with E-state index in [0.29, 0.717) is 30.3 Å². The van der Waals surface area contributed by atoms with E-state index in [1.54, 1.807) is 23.0 Å². The molecule has 0 atom stereocenters. The highest BCUT2D eigenvalue weighted by Crippen LogP contribution is 2.32. The van der Waals surface area contributed by atoms with Crippen LogP contribution in [-0.4, -0.2) is 38.8 Å². The Kier molecular flexibility index (Phi) is 4.57. The summed E-state index contributed by atoms with van der Waals surface area (Å²) in [6.07, 6.45) is 4.70. The molecule has 124 valence electrons. The normalized spacial score (nSPS) is 10.6. The van der Waals surface area contributed by atoms with Crippen molar-refractivity contribution in [1.29, 1.82) is 0 Å². The molecule has 24 heavy (non-hydrogen) atoms. The maximum Gasteiger partial charge on any atom is 0.275 e. The first-order chi connectivity index (χ1) is 11.7. The number of anilines is 1. The number of nitrogens with one attached hydrogen (secondary N) is 2. The van der Waals surface area contributed by atoms with E-state index in [2.05, 4.69) is 20.4 Å². The van der Waals surface area contributed by atoms with Crippen molar-refractivity contribution in [3.05, 3.63) is 48.7 Å². The Morgan fingerprint density at radius 1 is 1.42 bits per heavy atom. The van der Waals surface area contributed by atoms with Crippen molar-refractivity contribution in [2.24, 2.45) is 12.8 Å². The van der Waals surface area contributed by atoms with Gasteiger partial charge in [0.1, 0.15) is 18.1 Å². The number of carbonyl (C=O) groups is 1. The Bertz CT molecular complexity index is 825. The lowest BCUT2D eigenvalue weighted by Crippen LogP contribution is -2.13. The fraction of sp³-hybridized carbons (Fsp3) is 0.188. The summed E-state index contributed by atoms with van der Waals surface area (Å²) in [5.74, 6) is 0.393. The quantitative estimate of drug-likeness (QED) is 0.634. The van der Waals surface area contributed by atoms with E-state index in [1.165, 1.54) is 12.5 Å². The number of rotatable bonds is 6. The molecule has 0 unspecified atom stereocenters. The molecule has 1 aromatic carbocycles. The summed E-state index contributed by atoms with van der Waals surface area (Å²) in [4.78, 5) is 18.8. The van der Waals surface area contributed by atoms with Crippen molar-refractivity contribution < 1.29 is 9.53 Å². The molecular formula is C16H18N6O2. The van der Waals surface area contributed by atoms with Crippen LogP contribution in [0.2, 0.25) is 0 Å². The molecular weight excluding hydrogens is 308 g/mol. The van der Waals surface area contributed by atoms with E-state index >= 15 is 0 Å². The molecule has 0 aliphatic rings. The monoisotopic (exact) mass is 326 g/mol. The molecule has 1 amide bonds. The Hall–Kier alpha value is -3.13. The first-order valence-corrected chi connectivity index (χ1v) is 7.44. The maximum atomic E-state index is 12.1. The van der Waals surface area contributed by atoms with Gasteiger partial charge in [0, 0.05) is 37.2 Å². The molecule has 0 saturated carbocycles. The van der Waals surface area contributed by atoms with Gasteiger partial charge in [-0.2, -0.15) is 5.10 Å². The molecule has 2 heterocycles. The van der Waals surface area contributed by atoms with E-state index in [0.717, 1.165) is 11.3 Å². The number of nitrogens with zero attached hydrogens (tertiary/aromatic N) is 3. The molecule has 3 aromatic rings. The third-order valence-corrected chi connectivity index (χ3v) is 3.44. The Balaban J connectivity index is 1.92. The van der Waals surface area contributed by atoms with Crippen LogP contribution in [0.1, 0.15) is 10.5 Å². The van der Waals surface area contributed by atoms with Gasteiger partial charge in [-0.15, -0.1) is 0 Å². The average Bonchev–Trinajstić information content (AvgIpc) is 3.25. The topological polar surface area (TPSA) is 111 Å². The number of hydrogen-bond donors (Lipinski definition) is 3.